The fraction of sp³-hybridized carbons (Fsp3) is 0.235. The van der Waals surface area contributed by atoms with Crippen LogP contribution in [0.2, 0.25) is 0 Å². The molecule has 1 amide bonds. The van der Waals surface area contributed by atoms with Gasteiger partial charge in [0, 0.05) is 18.3 Å². The van der Waals surface area contributed by atoms with Crippen molar-refractivity contribution in [1.29, 1.82) is 0 Å². The van der Waals surface area contributed by atoms with Gasteiger partial charge in [0.2, 0.25) is 15.9 Å². The number of carbonyl (C=O) groups excluding carboxylic acids is 1. The smallest absolute Gasteiger partial charge is 0.245 e. The Hall–Kier alpha value is -2.39. The van der Waals surface area contributed by atoms with E-state index in [2.05, 4.69) is 4.72 Å². The Kier molecular flexibility index (Phi) is 4.76. The predicted octanol–water partition coefficient (Wildman–Crippen LogP) is 2.50. The van der Waals surface area contributed by atoms with Crippen molar-refractivity contribution >= 4 is 21.6 Å². The molecule has 3 rings (SSSR count). The summed E-state index contributed by atoms with van der Waals surface area (Å²) in [6, 6.07) is 4.98. The van der Waals surface area contributed by atoms with Crippen LogP contribution < -0.4 is 9.62 Å². The highest BCUT2D eigenvalue weighted by Crippen LogP contribution is 2.25. The van der Waals surface area contributed by atoms with Crippen LogP contribution in [-0.2, 0) is 14.8 Å². The Bertz CT molecular complexity index is 959. The van der Waals surface area contributed by atoms with Crippen LogP contribution in [-0.4, -0.2) is 26.9 Å². The third-order valence-corrected chi connectivity index (χ3v) is 5.55. The van der Waals surface area contributed by atoms with Gasteiger partial charge in [0.15, 0.2) is 0 Å². The molecule has 1 heterocycles. The molecule has 1 saturated heterocycles. The van der Waals surface area contributed by atoms with E-state index >= 15 is 0 Å². The van der Waals surface area contributed by atoms with Gasteiger partial charge in [-0.2, -0.15) is 4.72 Å². The summed E-state index contributed by atoms with van der Waals surface area (Å²) in [4.78, 5) is 13.2. The first-order chi connectivity index (χ1) is 12.2. The quantitative estimate of drug-likeness (QED) is 0.881. The van der Waals surface area contributed by atoms with Crippen LogP contribution in [0, 0.1) is 24.4 Å². The normalized spacial score (nSPS) is 17.8. The lowest BCUT2D eigenvalue weighted by molar-refractivity contribution is -0.118. The van der Waals surface area contributed by atoms with E-state index in [1.807, 2.05) is 0 Å². The molecule has 26 heavy (non-hydrogen) atoms. The van der Waals surface area contributed by atoms with E-state index in [-0.39, 0.29) is 13.0 Å². The molecule has 0 aliphatic carbocycles. The number of nitrogens with one attached hydrogen (secondary N) is 1. The number of nitrogens with zero attached hydrogens (tertiary/aromatic N) is 1. The minimum atomic E-state index is -4.28. The van der Waals surface area contributed by atoms with E-state index in [0.717, 1.165) is 0 Å². The van der Waals surface area contributed by atoms with Gasteiger partial charge in [-0.1, -0.05) is 0 Å². The maximum Gasteiger partial charge on any atom is 0.245 e. The minimum absolute atomic E-state index is 0.173. The summed E-state index contributed by atoms with van der Waals surface area (Å²) < 4.78 is 66.7. The lowest BCUT2D eigenvalue weighted by atomic mass is 10.2. The summed E-state index contributed by atoms with van der Waals surface area (Å²) in [5.74, 6) is -3.00. The first-order valence-electron chi connectivity index (χ1n) is 7.73. The number of carbonyl (C=O) groups is 1. The third kappa shape index (κ3) is 3.58. The zero-order valence-electron chi connectivity index (χ0n) is 13.7. The highest BCUT2D eigenvalue weighted by molar-refractivity contribution is 7.89. The Morgan fingerprint density at radius 1 is 1.08 bits per heavy atom. The van der Waals surface area contributed by atoms with Crippen molar-refractivity contribution in [2.75, 3.05) is 11.4 Å². The van der Waals surface area contributed by atoms with Gasteiger partial charge in [-0.3, -0.25) is 4.79 Å². The molecule has 1 aliphatic heterocycles. The molecule has 0 aromatic heterocycles. The van der Waals surface area contributed by atoms with E-state index in [4.69, 9.17) is 0 Å². The Labute approximate surface area is 148 Å². The van der Waals surface area contributed by atoms with Crippen LogP contribution in [0.15, 0.2) is 41.3 Å². The molecule has 2 aromatic rings. The molecule has 138 valence electrons. The van der Waals surface area contributed by atoms with Crippen LogP contribution in [0.4, 0.5) is 18.9 Å². The Morgan fingerprint density at radius 2 is 1.73 bits per heavy atom. The Balaban J connectivity index is 1.81. The second kappa shape index (κ2) is 6.73. The molecule has 1 unspecified atom stereocenters. The van der Waals surface area contributed by atoms with E-state index in [1.54, 1.807) is 6.92 Å². The van der Waals surface area contributed by atoms with Crippen LogP contribution in [0.25, 0.3) is 0 Å². The van der Waals surface area contributed by atoms with Gasteiger partial charge in [0.25, 0.3) is 0 Å². The van der Waals surface area contributed by atoms with E-state index in [1.165, 1.54) is 23.1 Å². The van der Waals surface area contributed by atoms with Crippen LogP contribution in [0.5, 0.6) is 0 Å². The summed E-state index contributed by atoms with van der Waals surface area (Å²) in [6.07, 6.45) is 0.173. The number of hydrogen-bond donors (Lipinski definition) is 1. The zero-order chi connectivity index (χ0) is 19.1. The number of anilines is 1. The standard InChI is InChI=1S/C17H15F3N2O3S/c1-10-6-13(2-3-15(10)20)22-5-4-16(17(22)23)21-26(24,25)14-8-11(18)7-12(19)9-14/h2-3,6-9,16,21H,4-5H2,1H3. The van der Waals surface area contributed by atoms with Gasteiger partial charge in [-0.25, -0.2) is 21.6 Å². The lowest BCUT2D eigenvalue weighted by Crippen LogP contribution is -2.41. The summed E-state index contributed by atoms with van der Waals surface area (Å²) in [5, 5.41) is 0. The molecule has 0 bridgehead atoms. The summed E-state index contributed by atoms with van der Waals surface area (Å²) in [6.45, 7) is 1.78. The highest BCUT2D eigenvalue weighted by atomic mass is 32.2. The summed E-state index contributed by atoms with van der Waals surface area (Å²) in [7, 11) is -4.28. The number of rotatable bonds is 4. The number of halogens is 3. The maximum atomic E-state index is 13.4. The van der Waals surface area contributed by atoms with E-state index in [0.29, 0.717) is 29.4 Å². The highest BCUT2D eigenvalue weighted by Gasteiger charge is 2.36. The van der Waals surface area contributed by atoms with Gasteiger partial charge in [-0.05, 0) is 49.2 Å². The maximum absolute atomic E-state index is 13.4. The molecule has 0 spiro atoms. The molecule has 5 nitrogen and oxygen atoms in total. The molecule has 1 fully saturated rings. The van der Waals surface area contributed by atoms with Crippen LogP contribution in [0.3, 0.4) is 0 Å². The predicted molar refractivity (Wildman–Crippen MR) is 88.6 cm³/mol. The number of hydrogen-bond acceptors (Lipinski definition) is 3. The van der Waals surface area contributed by atoms with E-state index < -0.39 is 44.3 Å². The molecule has 1 N–H and O–H groups in total. The van der Waals surface area contributed by atoms with Crippen molar-refractivity contribution in [3.8, 4) is 0 Å². The number of benzene rings is 2. The molecule has 2 aromatic carbocycles. The molecule has 0 radical (unpaired) electrons. The average Bonchev–Trinajstić information content (AvgIpc) is 2.89. The first-order valence-corrected chi connectivity index (χ1v) is 9.21. The second-order valence-electron chi connectivity index (χ2n) is 5.99. The minimum Gasteiger partial charge on any atom is -0.311 e. The van der Waals surface area contributed by atoms with Gasteiger partial charge < -0.3 is 4.90 Å². The van der Waals surface area contributed by atoms with Crippen molar-refractivity contribution in [2.24, 2.45) is 0 Å². The molecular weight excluding hydrogens is 369 g/mol. The molecule has 1 atom stereocenters. The number of amides is 1. The molecule has 1 aliphatic rings. The SMILES string of the molecule is Cc1cc(N2CCC(NS(=O)(=O)c3cc(F)cc(F)c3)C2=O)ccc1F. The fourth-order valence-corrected chi connectivity index (χ4v) is 4.05. The number of sulfonamides is 1. The third-order valence-electron chi connectivity index (χ3n) is 4.10. The van der Waals surface area contributed by atoms with Crippen molar-refractivity contribution in [1.82, 2.24) is 4.72 Å². The van der Waals surface area contributed by atoms with Gasteiger partial charge in [0.1, 0.15) is 23.5 Å². The second-order valence-corrected chi connectivity index (χ2v) is 7.71. The van der Waals surface area contributed by atoms with Crippen molar-refractivity contribution in [3.63, 3.8) is 0 Å². The van der Waals surface area contributed by atoms with Crippen LogP contribution >= 0.6 is 0 Å². The monoisotopic (exact) mass is 384 g/mol. The molecule has 9 heteroatoms. The van der Waals surface area contributed by atoms with Crippen molar-refractivity contribution in [3.05, 3.63) is 59.4 Å². The largest absolute Gasteiger partial charge is 0.311 e. The number of aryl methyl sites for hydroxylation is 1. The van der Waals surface area contributed by atoms with Crippen molar-refractivity contribution < 1.29 is 26.4 Å². The van der Waals surface area contributed by atoms with Crippen LogP contribution in [0.1, 0.15) is 12.0 Å². The van der Waals surface area contributed by atoms with Gasteiger partial charge in [-0.15, -0.1) is 0 Å². The van der Waals surface area contributed by atoms with E-state index in [9.17, 15) is 26.4 Å². The van der Waals surface area contributed by atoms with Gasteiger partial charge in [0.05, 0.1) is 4.90 Å². The fourth-order valence-electron chi connectivity index (χ4n) is 2.78. The summed E-state index contributed by atoms with van der Waals surface area (Å²) >= 11 is 0. The average molecular weight is 384 g/mol. The lowest BCUT2D eigenvalue weighted by Gasteiger charge is -2.18. The summed E-state index contributed by atoms with van der Waals surface area (Å²) in [5.41, 5.74) is 0.807. The zero-order valence-corrected chi connectivity index (χ0v) is 14.5. The van der Waals surface area contributed by atoms with Crippen molar-refractivity contribution in [2.45, 2.75) is 24.3 Å². The molecule has 0 saturated carbocycles. The molecular formula is C17H15F3N2O3S. The first kappa shape index (κ1) is 18.4. The topological polar surface area (TPSA) is 66.5 Å². The van der Waals surface area contributed by atoms with Gasteiger partial charge >= 0.3 is 0 Å². The Morgan fingerprint density at radius 3 is 2.35 bits per heavy atom.